The molecule has 0 saturated heterocycles. The van der Waals surface area contributed by atoms with Gasteiger partial charge in [0.1, 0.15) is 17.2 Å². The number of ether oxygens (including phenoxy) is 3. The third-order valence-electron chi connectivity index (χ3n) is 4.28. The highest BCUT2D eigenvalue weighted by molar-refractivity contribution is 6.07. The number of benzene rings is 3. The molecular weight excluding hydrogens is 354 g/mol. The number of para-hydroxylation sites is 1. The Morgan fingerprint density at radius 2 is 1.61 bits per heavy atom. The van der Waals surface area contributed by atoms with E-state index < -0.39 is 0 Å². The van der Waals surface area contributed by atoms with Crippen molar-refractivity contribution in [3.05, 3.63) is 83.9 Å². The topological polar surface area (TPSA) is 56.8 Å². The molecular formula is C23H23NO4. The van der Waals surface area contributed by atoms with E-state index in [-0.39, 0.29) is 5.91 Å². The van der Waals surface area contributed by atoms with Crippen LogP contribution in [0.2, 0.25) is 0 Å². The molecule has 5 heteroatoms. The molecule has 0 heterocycles. The molecule has 5 nitrogen and oxygen atoms in total. The third-order valence-corrected chi connectivity index (χ3v) is 4.28. The molecule has 1 N–H and O–H groups in total. The Kier molecular flexibility index (Phi) is 6.52. The van der Waals surface area contributed by atoms with Crippen molar-refractivity contribution in [3.8, 4) is 17.2 Å². The van der Waals surface area contributed by atoms with Gasteiger partial charge in [0.05, 0.1) is 32.1 Å². The summed E-state index contributed by atoms with van der Waals surface area (Å²) < 4.78 is 16.4. The van der Waals surface area contributed by atoms with Crippen LogP contribution in [-0.2, 0) is 6.42 Å². The van der Waals surface area contributed by atoms with Gasteiger partial charge in [0, 0.05) is 12.5 Å². The number of hydrogen-bond acceptors (Lipinski definition) is 4. The number of hydrogen-bond donors (Lipinski definition) is 1. The molecule has 1 amide bonds. The number of carbonyl (C=O) groups excluding carboxylic acids is 1. The first kappa shape index (κ1) is 19.3. The van der Waals surface area contributed by atoms with E-state index in [1.165, 1.54) is 5.56 Å². The van der Waals surface area contributed by atoms with E-state index in [0.29, 0.717) is 35.1 Å². The van der Waals surface area contributed by atoms with E-state index in [4.69, 9.17) is 14.2 Å². The summed E-state index contributed by atoms with van der Waals surface area (Å²) in [5, 5.41) is 2.88. The molecule has 0 aromatic heterocycles. The molecule has 0 bridgehead atoms. The highest BCUT2D eigenvalue weighted by Crippen LogP contribution is 2.30. The van der Waals surface area contributed by atoms with Crippen molar-refractivity contribution in [3.63, 3.8) is 0 Å². The summed E-state index contributed by atoms with van der Waals surface area (Å²) in [4.78, 5) is 12.8. The smallest absolute Gasteiger partial charge is 0.259 e. The average Bonchev–Trinajstić information content (AvgIpc) is 2.74. The molecule has 28 heavy (non-hydrogen) atoms. The minimum atomic E-state index is -0.276. The number of rotatable bonds is 8. The minimum absolute atomic E-state index is 0.276. The van der Waals surface area contributed by atoms with E-state index in [1.54, 1.807) is 44.6 Å². The first-order chi connectivity index (χ1) is 13.7. The van der Waals surface area contributed by atoms with Crippen LogP contribution in [0.3, 0.4) is 0 Å². The standard InChI is InChI=1S/C23H23NO4/c1-26-18-12-13-22(27-2)20(16-18)24-23(25)19-10-6-7-11-21(19)28-15-14-17-8-4-3-5-9-17/h3-13,16H,14-15H2,1-2H3,(H,24,25). The molecule has 0 unspecified atom stereocenters. The maximum absolute atomic E-state index is 12.8. The van der Waals surface area contributed by atoms with Crippen LogP contribution in [0.25, 0.3) is 0 Å². The molecule has 3 aromatic carbocycles. The fourth-order valence-electron chi connectivity index (χ4n) is 2.81. The fraction of sp³-hybridized carbons (Fsp3) is 0.174. The van der Waals surface area contributed by atoms with Gasteiger partial charge in [-0.05, 0) is 29.8 Å². The van der Waals surface area contributed by atoms with Gasteiger partial charge in [0.2, 0.25) is 0 Å². The van der Waals surface area contributed by atoms with Crippen LogP contribution in [0.4, 0.5) is 5.69 Å². The third kappa shape index (κ3) is 4.82. The van der Waals surface area contributed by atoms with Gasteiger partial charge in [-0.1, -0.05) is 42.5 Å². The Hall–Kier alpha value is -3.47. The van der Waals surface area contributed by atoms with Gasteiger partial charge in [-0.25, -0.2) is 0 Å². The van der Waals surface area contributed by atoms with E-state index in [2.05, 4.69) is 17.4 Å². The largest absolute Gasteiger partial charge is 0.497 e. The summed E-state index contributed by atoms with van der Waals surface area (Å²) >= 11 is 0. The molecule has 0 aliphatic heterocycles. The fourth-order valence-corrected chi connectivity index (χ4v) is 2.81. The highest BCUT2D eigenvalue weighted by atomic mass is 16.5. The molecule has 3 aromatic rings. The Labute approximate surface area is 164 Å². The predicted octanol–water partition coefficient (Wildman–Crippen LogP) is 4.58. The van der Waals surface area contributed by atoms with Crippen LogP contribution in [0, 0.1) is 0 Å². The second-order valence-electron chi connectivity index (χ2n) is 6.10. The van der Waals surface area contributed by atoms with Crippen molar-refractivity contribution in [1.29, 1.82) is 0 Å². The van der Waals surface area contributed by atoms with E-state index in [0.717, 1.165) is 6.42 Å². The quantitative estimate of drug-likeness (QED) is 0.624. The highest BCUT2D eigenvalue weighted by Gasteiger charge is 2.15. The van der Waals surface area contributed by atoms with Crippen LogP contribution >= 0.6 is 0 Å². The summed E-state index contributed by atoms with van der Waals surface area (Å²) in [5.74, 6) is 1.44. The summed E-state index contributed by atoms with van der Waals surface area (Å²) in [5.41, 5.74) is 2.18. The predicted molar refractivity (Wildman–Crippen MR) is 110 cm³/mol. The van der Waals surface area contributed by atoms with Crippen molar-refractivity contribution in [2.45, 2.75) is 6.42 Å². The first-order valence-electron chi connectivity index (χ1n) is 9.00. The van der Waals surface area contributed by atoms with Crippen LogP contribution in [-0.4, -0.2) is 26.7 Å². The van der Waals surface area contributed by atoms with Gasteiger partial charge >= 0.3 is 0 Å². The lowest BCUT2D eigenvalue weighted by molar-refractivity contribution is 0.102. The lowest BCUT2D eigenvalue weighted by atomic mass is 10.1. The van der Waals surface area contributed by atoms with Gasteiger partial charge in [-0.15, -0.1) is 0 Å². The number of carbonyl (C=O) groups is 1. The van der Waals surface area contributed by atoms with E-state index in [9.17, 15) is 4.79 Å². The van der Waals surface area contributed by atoms with E-state index >= 15 is 0 Å². The second-order valence-corrected chi connectivity index (χ2v) is 6.10. The molecule has 0 aliphatic rings. The van der Waals surface area contributed by atoms with Gasteiger partial charge in [-0.2, -0.15) is 0 Å². The van der Waals surface area contributed by atoms with Crippen LogP contribution in [0.15, 0.2) is 72.8 Å². The molecule has 0 fully saturated rings. The van der Waals surface area contributed by atoms with Gasteiger partial charge in [-0.3, -0.25) is 4.79 Å². The number of amides is 1. The Bertz CT molecular complexity index is 925. The molecule has 0 saturated carbocycles. The Morgan fingerprint density at radius 3 is 2.36 bits per heavy atom. The van der Waals surface area contributed by atoms with Crippen LogP contribution < -0.4 is 19.5 Å². The zero-order chi connectivity index (χ0) is 19.8. The summed E-state index contributed by atoms with van der Waals surface area (Å²) in [7, 11) is 3.13. The maximum Gasteiger partial charge on any atom is 0.259 e. The first-order valence-corrected chi connectivity index (χ1v) is 9.00. The lowest BCUT2D eigenvalue weighted by Crippen LogP contribution is -2.15. The van der Waals surface area contributed by atoms with Crippen molar-refractivity contribution >= 4 is 11.6 Å². The molecule has 144 valence electrons. The molecule has 0 aliphatic carbocycles. The summed E-state index contributed by atoms with van der Waals surface area (Å²) in [6.07, 6.45) is 0.764. The maximum atomic E-state index is 12.8. The molecule has 3 rings (SSSR count). The van der Waals surface area contributed by atoms with Gasteiger partial charge in [0.25, 0.3) is 5.91 Å². The number of nitrogens with one attached hydrogen (secondary N) is 1. The summed E-state index contributed by atoms with van der Waals surface area (Å²) in [6.45, 7) is 0.483. The molecule has 0 atom stereocenters. The minimum Gasteiger partial charge on any atom is -0.497 e. The van der Waals surface area contributed by atoms with Gasteiger partial charge in [0.15, 0.2) is 0 Å². The van der Waals surface area contributed by atoms with E-state index in [1.807, 2.05) is 30.3 Å². The zero-order valence-electron chi connectivity index (χ0n) is 16.0. The SMILES string of the molecule is COc1ccc(OC)c(NC(=O)c2ccccc2OCCc2ccccc2)c1. The normalized spacial score (nSPS) is 10.2. The average molecular weight is 377 g/mol. The number of methoxy groups -OCH3 is 2. The summed E-state index contributed by atoms with van der Waals surface area (Å²) in [6, 6.07) is 22.5. The lowest BCUT2D eigenvalue weighted by Gasteiger charge is -2.14. The Balaban J connectivity index is 1.72. The van der Waals surface area contributed by atoms with Crippen molar-refractivity contribution in [1.82, 2.24) is 0 Å². The van der Waals surface area contributed by atoms with Gasteiger partial charge < -0.3 is 19.5 Å². The zero-order valence-corrected chi connectivity index (χ0v) is 16.0. The molecule has 0 spiro atoms. The molecule has 0 radical (unpaired) electrons. The van der Waals surface area contributed by atoms with Crippen molar-refractivity contribution in [2.75, 3.05) is 26.1 Å². The van der Waals surface area contributed by atoms with Crippen molar-refractivity contribution < 1.29 is 19.0 Å². The van der Waals surface area contributed by atoms with Crippen molar-refractivity contribution in [2.24, 2.45) is 0 Å². The Morgan fingerprint density at radius 1 is 0.857 bits per heavy atom. The van der Waals surface area contributed by atoms with Crippen LogP contribution in [0.5, 0.6) is 17.2 Å². The number of anilines is 1. The second kappa shape index (κ2) is 9.46. The monoisotopic (exact) mass is 377 g/mol. The van der Waals surface area contributed by atoms with Crippen LogP contribution in [0.1, 0.15) is 15.9 Å².